The minimum absolute atomic E-state index is 0.176. The number of rotatable bonds is 3. The van der Waals surface area contributed by atoms with Gasteiger partial charge < -0.3 is 14.2 Å². The van der Waals surface area contributed by atoms with Gasteiger partial charge in [-0.3, -0.25) is 5.10 Å². The zero-order valence-corrected chi connectivity index (χ0v) is 11.6. The van der Waals surface area contributed by atoms with E-state index in [1.165, 1.54) is 0 Å². The molecule has 3 aromatic rings. The first-order chi connectivity index (χ1) is 10.9. The van der Waals surface area contributed by atoms with Crippen molar-refractivity contribution in [3.8, 4) is 39.8 Å². The predicted octanol–water partition coefficient (Wildman–Crippen LogP) is 1.67. The summed E-state index contributed by atoms with van der Waals surface area (Å²) >= 11 is 0. The smallest absolute Gasteiger partial charge is 0.231 e. The van der Waals surface area contributed by atoms with Gasteiger partial charge in [0.15, 0.2) is 11.5 Å². The lowest BCUT2D eigenvalue weighted by Crippen LogP contribution is -1.93. The largest absolute Gasteiger partial charge is 0.493 e. The summed E-state index contributed by atoms with van der Waals surface area (Å²) < 4.78 is 16.2. The highest BCUT2D eigenvalue weighted by Crippen LogP contribution is 2.44. The molecule has 0 atom stereocenters. The van der Waals surface area contributed by atoms with Crippen LogP contribution in [0, 0.1) is 0 Å². The normalized spacial score (nSPS) is 12.4. The van der Waals surface area contributed by atoms with E-state index in [9.17, 15) is 0 Å². The van der Waals surface area contributed by atoms with Crippen molar-refractivity contribution in [1.29, 1.82) is 0 Å². The Labute approximate surface area is 125 Å². The van der Waals surface area contributed by atoms with Gasteiger partial charge in [0.05, 0.1) is 25.2 Å². The molecule has 0 fully saturated rings. The van der Waals surface area contributed by atoms with Gasteiger partial charge in [-0.2, -0.15) is 10.2 Å². The lowest BCUT2D eigenvalue weighted by Gasteiger charge is -2.07. The maximum Gasteiger partial charge on any atom is 0.231 e. The van der Waals surface area contributed by atoms with Gasteiger partial charge in [0.25, 0.3) is 0 Å². The summed E-state index contributed by atoms with van der Waals surface area (Å²) in [6, 6.07) is 5.51. The number of H-pyrrole nitrogens is 1. The number of hydrogen-bond donors (Lipinski definition) is 1. The molecule has 0 unspecified atom stereocenters. The molecule has 1 aliphatic rings. The van der Waals surface area contributed by atoms with Crippen LogP contribution in [0.3, 0.4) is 0 Å². The number of aromatic nitrogens is 5. The molecule has 4 rings (SSSR count). The number of nitrogens with one attached hydrogen (secondary N) is 1. The van der Waals surface area contributed by atoms with E-state index < -0.39 is 0 Å². The molecule has 8 nitrogen and oxygen atoms in total. The fraction of sp³-hybridized carbons (Fsp3) is 0.143. The van der Waals surface area contributed by atoms with E-state index in [4.69, 9.17) is 14.2 Å². The number of methoxy groups -OCH3 is 1. The van der Waals surface area contributed by atoms with E-state index in [2.05, 4.69) is 25.6 Å². The number of nitrogens with zero attached hydrogens (tertiary/aromatic N) is 4. The average Bonchev–Trinajstić information content (AvgIpc) is 3.23. The van der Waals surface area contributed by atoms with Crippen molar-refractivity contribution in [2.24, 2.45) is 0 Å². The number of fused-ring (bicyclic) bond motifs is 1. The third-order valence-electron chi connectivity index (χ3n) is 3.35. The third kappa shape index (κ3) is 1.93. The highest BCUT2D eigenvalue weighted by atomic mass is 16.7. The Bertz CT molecular complexity index is 819. The van der Waals surface area contributed by atoms with E-state index >= 15 is 0 Å². The first-order valence-corrected chi connectivity index (χ1v) is 6.53. The fourth-order valence-corrected chi connectivity index (χ4v) is 2.34. The summed E-state index contributed by atoms with van der Waals surface area (Å²) in [4.78, 5) is 0. The number of hydrogen-bond acceptors (Lipinski definition) is 7. The molecule has 110 valence electrons. The van der Waals surface area contributed by atoms with Gasteiger partial charge in [-0.1, -0.05) is 5.21 Å². The molecule has 0 bridgehead atoms. The SMILES string of the molecule is COc1cc(-c2nn[nH]c2-c2ccnnc2)cc2c1OCO2. The minimum Gasteiger partial charge on any atom is -0.493 e. The number of aromatic amines is 1. The van der Waals surface area contributed by atoms with Crippen molar-refractivity contribution in [3.63, 3.8) is 0 Å². The van der Waals surface area contributed by atoms with Crippen LogP contribution in [0.1, 0.15) is 0 Å². The van der Waals surface area contributed by atoms with Crippen LogP contribution in [0.5, 0.6) is 17.2 Å². The van der Waals surface area contributed by atoms with Crippen molar-refractivity contribution in [2.45, 2.75) is 0 Å². The number of ether oxygens (including phenoxy) is 3. The van der Waals surface area contributed by atoms with Gasteiger partial charge in [0.2, 0.25) is 12.5 Å². The molecule has 1 aliphatic heterocycles. The highest BCUT2D eigenvalue weighted by Gasteiger charge is 2.23. The van der Waals surface area contributed by atoms with Gasteiger partial charge in [0.1, 0.15) is 5.69 Å². The lowest BCUT2D eigenvalue weighted by atomic mass is 10.1. The summed E-state index contributed by atoms with van der Waals surface area (Å²) in [5.41, 5.74) is 3.06. The van der Waals surface area contributed by atoms with Gasteiger partial charge in [-0.25, -0.2) is 0 Å². The van der Waals surface area contributed by atoms with Gasteiger partial charge in [-0.15, -0.1) is 5.10 Å². The first-order valence-electron chi connectivity index (χ1n) is 6.53. The molecular formula is C14H11N5O3. The van der Waals surface area contributed by atoms with E-state index in [-0.39, 0.29) is 6.79 Å². The van der Waals surface area contributed by atoms with Crippen LogP contribution in [-0.4, -0.2) is 39.5 Å². The minimum atomic E-state index is 0.176. The molecule has 1 N–H and O–H groups in total. The lowest BCUT2D eigenvalue weighted by molar-refractivity contribution is 0.171. The van der Waals surface area contributed by atoms with Crippen LogP contribution >= 0.6 is 0 Å². The van der Waals surface area contributed by atoms with Crippen LogP contribution in [-0.2, 0) is 0 Å². The second kappa shape index (κ2) is 4.99. The van der Waals surface area contributed by atoms with Gasteiger partial charge in [0, 0.05) is 11.1 Å². The molecule has 0 saturated heterocycles. The van der Waals surface area contributed by atoms with Crippen molar-refractivity contribution in [2.75, 3.05) is 13.9 Å². The summed E-state index contributed by atoms with van der Waals surface area (Å²) in [7, 11) is 1.58. The van der Waals surface area contributed by atoms with E-state index in [1.807, 2.05) is 18.2 Å². The zero-order chi connectivity index (χ0) is 14.9. The van der Waals surface area contributed by atoms with Gasteiger partial charge in [-0.05, 0) is 18.2 Å². The second-order valence-electron chi connectivity index (χ2n) is 4.58. The fourth-order valence-electron chi connectivity index (χ4n) is 2.34. The summed E-state index contributed by atoms with van der Waals surface area (Å²) in [5, 5.41) is 18.6. The molecule has 0 aliphatic carbocycles. The monoisotopic (exact) mass is 297 g/mol. The summed E-state index contributed by atoms with van der Waals surface area (Å²) in [6.45, 7) is 0.176. The van der Waals surface area contributed by atoms with Crippen molar-refractivity contribution in [1.82, 2.24) is 25.6 Å². The predicted molar refractivity (Wildman–Crippen MR) is 75.5 cm³/mol. The van der Waals surface area contributed by atoms with Crippen LogP contribution in [0.4, 0.5) is 0 Å². The number of benzene rings is 1. The van der Waals surface area contributed by atoms with E-state index in [1.54, 1.807) is 19.5 Å². The summed E-state index contributed by atoms with van der Waals surface area (Å²) in [6.07, 6.45) is 3.25. The topological polar surface area (TPSA) is 95.0 Å². The Morgan fingerprint density at radius 3 is 2.95 bits per heavy atom. The first kappa shape index (κ1) is 12.6. The quantitative estimate of drug-likeness (QED) is 0.785. The van der Waals surface area contributed by atoms with Crippen LogP contribution < -0.4 is 14.2 Å². The average molecular weight is 297 g/mol. The maximum absolute atomic E-state index is 5.44. The molecular weight excluding hydrogens is 286 g/mol. The Morgan fingerprint density at radius 1 is 1.18 bits per heavy atom. The zero-order valence-electron chi connectivity index (χ0n) is 11.6. The van der Waals surface area contributed by atoms with E-state index in [0.29, 0.717) is 22.9 Å². The Hall–Kier alpha value is -3.16. The molecule has 0 radical (unpaired) electrons. The molecule has 22 heavy (non-hydrogen) atoms. The Kier molecular flexibility index (Phi) is 2.85. The van der Waals surface area contributed by atoms with Crippen molar-refractivity contribution >= 4 is 0 Å². The molecule has 0 spiro atoms. The van der Waals surface area contributed by atoms with E-state index in [0.717, 1.165) is 16.8 Å². The highest BCUT2D eigenvalue weighted by molar-refractivity contribution is 5.79. The molecule has 0 saturated carbocycles. The molecule has 8 heteroatoms. The maximum atomic E-state index is 5.44. The van der Waals surface area contributed by atoms with Crippen LogP contribution in [0.15, 0.2) is 30.6 Å². The third-order valence-corrected chi connectivity index (χ3v) is 3.35. The second-order valence-corrected chi connectivity index (χ2v) is 4.58. The standard InChI is InChI=1S/C14H11N5O3/c1-20-10-4-9(5-11-14(10)22-7-21-11)13-12(17-19-18-13)8-2-3-15-16-6-8/h2-6H,7H2,1H3,(H,17,18,19). The Balaban J connectivity index is 1.86. The van der Waals surface area contributed by atoms with Gasteiger partial charge >= 0.3 is 0 Å². The molecule has 3 heterocycles. The summed E-state index contributed by atoms with van der Waals surface area (Å²) in [5.74, 6) is 1.81. The molecule has 2 aromatic heterocycles. The van der Waals surface area contributed by atoms with Crippen molar-refractivity contribution in [3.05, 3.63) is 30.6 Å². The van der Waals surface area contributed by atoms with Crippen LogP contribution in [0.25, 0.3) is 22.5 Å². The Morgan fingerprint density at radius 2 is 2.14 bits per heavy atom. The molecule has 0 amide bonds. The van der Waals surface area contributed by atoms with Crippen molar-refractivity contribution < 1.29 is 14.2 Å². The molecule has 1 aromatic carbocycles. The van der Waals surface area contributed by atoms with Crippen LogP contribution in [0.2, 0.25) is 0 Å².